The molecular weight excluding hydrogens is 442 g/mol. The van der Waals surface area contributed by atoms with Crippen molar-refractivity contribution in [3.63, 3.8) is 0 Å². The van der Waals surface area contributed by atoms with E-state index in [1.54, 1.807) is 55.5 Å². The van der Waals surface area contributed by atoms with Crippen LogP contribution in [0.25, 0.3) is 0 Å². The minimum Gasteiger partial charge on any atom is -0.495 e. The number of benzene rings is 2. The van der Waals surface area contributed by atoms with Gasteiger partial charge < -0.3 is 10.1 Å². The van der Waals surface area contributed by atoms with Crippen molar-refractivity contribution in [2.24, 2.45) is 0 Å². The van der Waals surface area contributed by atoms with E-state index in [0.717, 1.165) is 16.1 Å². The zero-order chi connectivity index (χ0) is 22.8. The van der Waals surface area contributed by atoms with Crippen LogP contribution in [0.15, 0.2) is 48.5 Å². The van der Waals surface area contributed by atoms with E-state index in [1.807, 2.05) is 0 Å². The number of sulfonamides is 1. The maximum absolute atomic E-state index is 13.4. The molecule has 1 aliphatic heterocycles. The van der Waals surface area contributed by atoms with Crippen LogP contribution < -0.4 is 15.0 Å². The van der Waals surface area contributed by atoms with E-state index < -0.39 is 27.4 Å². The minimum absolute atomic E-state index is 0.192. The summed E-state index contributed by atoms with van der Waals surface area (Å²) in [5.41, 5.74) is -0.293. The molecule has 1 N–H and O–H groups in total. The largest absolute Gasteiger partial charge is 0.495 e. The summed E-state index contributed by atoms with van der Waals surface area (Å²) in [5, 5.41) is 3.40. The second-order valence-electron chi connectivity index (χ2n) is 7.52. The fourth-order valence-corrected chi connectivity index (χ4v) is 4.52. The van der Waals surface area contributed by atoms with Gasteiger partial charge in [0, 0.05) is 18.1 Å². The first-order valence-corrected chi connectivity index (χ1v) is 11.7. The van der Waals surface area contributed by atoms with E-state index >= 15 is 0 Å². The van der Waals surface area contributed by atoms with Crippen molar-refractivity contribution >= 4 is 39.1 Å². The van der Waals surface area contributed by atoms with Crippen LogP contribution >= 0.6 is 11.6 Å². The Bertz CT molecular complexity index is 1090. The Balaban J connectivity index is 1.98. The molecule has 1 saturated heterocycles. The molecule has 1 fully saturated rings. The third-order valence-electron chi connectivity index (χ3n) is 5.19. The quantitative estimate of drug-likeness (QED) is 0.704. The fourth-order valence-electron chi connectivity index (χ4n) is 3.56. The summed E-state index contributed by atoms with van der Waals surface area (Å²) < 4.78 is 30.8. The van der Waals surface area contributed by atoms with Gasteiger partial charge in [0.1, 0.15) is 11.3 Å². The molecule has 1 aliphatic rings. The van der Waals surface area contributed by atoms with E-state index in [0.29, 0.717) is 16.5 Å². The maximum Gasteiger partial charge on any atom is 0.247 e. The third kappa shape index (κ3) is 4.84. The summed E-state index contributed by atoms with van der Waals surface area (Å²) in [6.45, 7) is 1.18. The molecule has 10 heteroatoms. The zero-order valence-corrected chi connectivity index (χ0v) is 19.0. The molecule has 0 radical (unpaired) electrons. The summed E-state index contributed by atoms with van der Waals surface area (Å²) in [5.74, 6) is -0.610. The lowest BCUT2D eigenvalue weighted by atomic mass is 9.94. The second kappa shape index (κ2) is 8.86. The molecule has 0 aliphatic carbocycles. The highest BCUT2D eigenvalue weighted by molar-refractivity contribution is 7.88. The minimum atomic E-state index is -3.70. The molecule has 1 atom stereocenters. The number of halogens is 1. The van der Waals surface area contributed by atoms with Gasteiger partial charge in [0.2, 0.25) is 21.8 Å². The molecule has 2 aromatic carbocycles. The van der Waals surface area contributed by atoms with Crippen molar-refractivity contribution in [2.75, 3.05) is 31.4 Å². The van der Waals surface area contributed by atoms with Crippen molar-refractivity contribution in [1.29, 1.82) is 0 Å². The van der Waals surface area contributed by atoms with Gasteiger partial charge in [-0.15, -0.1) is 0 Å². The van der Waals surface area contributed by atoms with Gasteiger partial charge >= 0.3 is 0 Å². The highest BCUT2D eigenvalue weighted by atomic mass is 35.5. The molecule has 8 nitrogen and oxygen atoms in total. The number of rotatable bonds is 6. The Kier molecular flexibility index (Phi) is 6.59. The van der Waals surface area contributed by atoms with Gasteiger partial charge in [-0.3, -0.25) is 14.5 Å². The summed E-state index contributed by atoms with van der Waals surface area (Å²) >= 11 is 5.90. The monoisotopic (exact) mass is 465 g/mol. The number of carbonyl (C=O) groups is 2. The van der Waals surface area contributed by atoms with E-state index in [4.69, 9.17) is 16.3 Å². The smallest absolute Gasteiger partial charge is 0.247 e. The van der Waals surface area contributed by atoms with Crippen LogP contribution in [-0.4, -0.2) is 56.5 Å². The molecular formula is C21H24ClN3O5S. The number of hydrogen-bond donors (Lipinski definition) is 1. The van der Waals surface area contributed by atoms with Gasteiger partial charge in [0.05, 0.1) is 25.6 Å². The third-order valence-corrected chi connectivity index (χ3v) is 6.64. The Morgan fingerprint density at radius 1 is 1.19 bits per heavy atom. The SMILES string of the molecule is COc1ccccc1N1C(=O)CN(S(C)(=O)=O)CC1(C)C(=O)NCc1ccc(Cl)cc1. The van der Waals surface area contributed by atoms with Crippen LogP contribution in [0.5, 0.6) is 5.75 Å². The predicted octanol–water partition coefficient (Wildman–Crippen LogP) is 2.03. The first-order chi connectivity index (χ1) is 14.6. The van der Waals surface area contributed by atoms with Crippen LogP contribution in [-0.2, 0) is 26.2 Å². The Hall–Kier alpha value is -2.62. The maximum atomic E-state index is 13.4. The Labute approximate surface area is 186 Å². The zero-order valence-electron chi connectivity index (χ0n) is 17.5. The van der Waals surface area contributed by atoms with Crippen LogP contribution in [0.1, 0.15) is 12.5 Å². The average molecular weight is 466 g/mol. The summed E-state index contributed by atoms with van der Waals surface area (Å²) in [4.78, 5) is 27.8. The fraction of sp³-hybridized carbons (Fsp3) is 0.333. The van der Waals surface area contributed by atoms with Crippen molar-refractivity contribution in [3.8, 4) is 5.75 Å². The number of ether oxygens (including phenoxy) is 1. The van der Waals surface area contributed by atoms with E-state index in [1.165, 1.54) is 12.0 Å². The number of methoxy groups -OCH3 is 1. The number of nitrogens with zero attached hydrogens (tertiary/aromatic N) is 2. The topological polar surface area (TPSA) is 96.0 Å². The molecule has 0 bridgehead atoms. The Morgan fingerprint density at radius 3 is 2.45 bits per heavy atom. The van der Waals surface area contributed by atoms with E-state index in [-0.39, 0.29) is 19.6 Å². The molecule has 31 heavy (non-hydrogen) atoms. The lowest BCUT2D eigenvalue weighted by molar-refractivity contribution is -0.133. The van der Waals surface area contributed by atoms with Gasteiger partial charge in [0.15, 0.2) is 0 Å². The van der Waals surface area contributed by atoms with E-state index in [2.05, 4.69) is 5.32 Å². The van der Waals surface area contributed by atoms with Crippen molar-refractivity contribution < 1.29 is 22.7 Å². The number of amides is 2. The summed E-state index contributed by atoms with van der Waals surface area (Å²) in [6.07, 6.45) is 1.02. The average Bonchev–Trinajstić information content (AvgIpc) is 2.72. The molecule has 1 heterocycles. The highest BCUT2D eigenvalue weighted by Crippen LogP contribution is 2.36. The molecule has 166 valence electrons. The van der Waals surface area contributed by atoms with Crippen LogP contribution in [0.4, 0.5) is 5.69 Å². The lowest BCUT2D eigenvalue weighted by Gasteiger charge is -2.46. The van der Waals surface area contributed by atoms with E-state index in [9.17, 15) is 18.0 Å². The number of nitrogens with one attached hydrogen (secondary N) is 1. The Morgan fingerprint density at radius 2 is 1.84 bits per heavy atom. The number of anilines is 1. The van der Waals surface area contributed by atoms with Crippen LogP contribution in [0.2, 0.25) is 5.02 Å². The molecule has 2 amide bonds. The predicted molar refractivity (Wildman–Crippen MR) is 119 cm³/mol. The van der Waals surface area contributed by atoms with Gasteiger partial charge in [-0.05, 0) is 36.8 Å². The second-order valence-corrected chi connectivity index (χ2v) is 9.93. The first-order valence-electron chi connectivity index (χ1n) is 9.50. The van der Waals surface area contributed by atoms with Crippen LogP contribution in [0.3, 0.4) is 0 Å². The van der Waals surface area contributed by atoms with Crippen molar-refractivity contribution in [2.45, 2.75) is 19.0 Å². The first kappa shape index (κ1) is 23.1. The standard InChI is InChI=1S/C21H24ClN3O5S/c1-21(20(27)23-12-15-8-10-16(22)11-9-15)14-24(31(3,28)29)13-19(26)25(21)17-6-4-5-7-18(17)30-2/h4-11H,12-14H2,1-3H3,(H,23,27). The molecule has 0 saturated carbocycles. The molecule has 1 unspecified atom stereocenters. The van der Waals surface area contributed by atoms with Gasteiger partial charge in [-0.25, -0.2) is 8.42 Å². The van der Waals surface area contributed by atoms with Crippen LogP contribution in [0, 0.1) is 0 Å². The van der Waals surface area contributed by atoms with Gasteiger partial charge in [-0.1, -0.05) is 35.9 Å². The summed E-state index contributed by atoms with van der Waals surface area (Å²) in [7, 11) is -2.23. The van der Waals surface area contributed by atoms with Gasteiger partial charge in [-0.2, -0.15) is 4.31 Å². The lowest BCUT2D eigenvalue weighted by Crippen LogP contribution is -2.70. The van der Waals surface area contributed by atoms with Crippen molar-refractivity contribution in [1.82, 2.24) is 9.62 Å². The molecule has 2 aromatic rings. The van der Waals surface area contributed by atoms with Crippen molar-refractivity contribution in [3.05, 3.63) is 59.1 Å². The normalized spacial score (nSPS) is 19.9. The highest BCUT2D eigenvalue weighted by Gasteiger charge is 2.50. The molecule has 3 rings (SSSR count). The van der Waals surface area contributed by atoms with Gasteiger partial charge in [0.25, 0.3) is 0 Å². The summed E-state index contributed by atoms with van der Waals surface area (Å²) in [6, 6.07) is 13.8. The number of para-hydroxylation sites is 2. The number of hydrogen-bond acceptors (Lipinski definition) is 5. The number of carbonyl (C=O) groups excluding carboxylic acids is 2. The molecule has 0 aromatic heterocycles. The number of piperazine rings is 1. The molecule has 0 spiro atoms.